The highest BCUT2D eigenvalue weighted by molar-refractivity contribution is 4.89. The molecule has 0 aromatic rings. The van der Waals surface area contributed by atoms with Crippen LogP contribution in [0.15, 0.2) is 0 Å². The van der Waals surface area contributed by atoms with Crippen molar-refractivity contribution in [1.29, 1.82) is 0 Å². The Kier molecular flexibility index (Phi) is 17.1. The highest BCUT2D eigenvalue weighted by Crippen LogP contribution is 2.05. The van der Waals surface area contributed by atoms with Crippen LogP contribution in [0.3, 0.4) is 0 Å². The van der Waals surface area contributed by atoms with Crippen LogP contribution >= 0.6 is 0 Å². The van der Waals surface area contributed by atoms with Crippen molar-refractivity contribution in [2.24, 2.45) is 0 Å². The summed E-state index contributed by atoms with van der Waals surface area (Å²) in [5, 5.41) is 3.34. The van der Waals surface area contributed by atoms with Gasteiger partial charge in [0.05, 0.1) is 0 Å². The normalized spacial score (nSPS) is 10.6. The van der Waals surface area contributed by atoms with Crippen LogP contribution in [0.4, 0.5) is 0 Å². The molecule has 0 fully saturated rings. The summed E-state index contributed by atoms with van der Waals surface area (Å²) in [7, 11) is 2.07. The number of hydrogen-bond acceptors (Lipinski definition) is 1. The van der Waals surface area contributed by atoms with Crippen molar-refractivity contribution < 1.29 is 0 Å². The molecule has 1 heteroatoms. The number of rotatable bonds is 6. The molecule has 1 atom stereocenters. The Morgan fingerprint density at radius 2 is 1.57 bits per heavy atom. The van der Waals surface area contributed by atoms with E-state index in [-0.39, 0.29) is 0 Å². The molecule has 0 amide bonds. The van der Waals surface area contributed by atoms with E-state index in [0.717, 1.165) is 6.04 Å². The maximum atomic E-state index is 3.34. The number of nitrogens with one attached hydrogen (secondary N) is 1. The lowest BCUT2D eigenvalue weighted by Gasteiger charge is -2.13. The molecule has 0 saturated heterocycles. The van der Waals surface area contributed by atoms with E-state index in [2.05, 4.69) is 38.1 Å². The molecule has 0 aromatic heterocycles. The molecule has 14 heavy (non-hydrogen) atoms. The van der Waals surface area contributed by atoms with Gasteiger partial charge in [0.25, 0.3) is 0 Å². The third kappa shape index (κ3) is 14.1. The molecule has 84 valence electrons. The molecule has 0 aliphatic rings. The molecule has 0 radical (unpaired) electrons. The second-order valence-electron chi connectivity index (χ2n) is 3.42. The Morgan fingerprint density at radius 1 is 1.00 bits per heavy atom. The fraction of sp³-hybridized carbons (Fsp3) is 0.846. The van der Waals surface area contributed by atoms with Gasteiger partial charge in [-0.3, -0.25) is 0 Å². The summed E-state index contributed by atoms with van der Waals surface area (Å²) in [4.78, 5) is 0. The summed E-state index contributed by atoms with van der Waals surface area (Å²) < 4.78 is 0. The van der Waals surface area contributed by atoms with Gasteiger partial charge in [-0.15, -0.1) is 11.8 Å². The largest absolute Gasteiger partial charge is 0.317 e. The Labute approximate surface area is 90.7 Å². The zero-order valence-corrected chi connectivity index (χ0v) is 10.6. The van der Waals surface area contributed by atoms with Crippen LogP contribution in [0, 0.1) is 11.8 Å². The average Bonchev–Trinajstić information content (AvgIpc) is 2.24. The lowest BCUT2D eigenvalue weighted by atomic mass is 10.1. The van der Waals surface area contributed by atoms with Gasteiger partial charge in [-0.05, 0) is 33.7 Å². The van der Waals surface area contributed by atoms with Gasteiger partial charge in [0.15, 0.2) is 0 Å². The maximum absolute atomic E-state index is 3.34. The van der Waals surface area contributed by atoms with Crippen LogP contribution in [0.5, 0.6) is 0 Å². The smallest absolute Gasteiger partial charge is 0.00639 e. The van der Waals surface area contributed by atoms with Crippen molar-refractivity contribution in [3.63, 3.8) is 0 Å². The standard InChI is InChI=1S/C9H21N.C4H6/c1-4-6-8-9(10-3)7-5-2;1-3-4-2/h9-10H,4-8H2,1-3H3;1-2H3. The topological polar surface area (TPSA) is 12.0 Å². The van der Waals surface area contributed by atoms with E-state index >= 15 is 0 Å². The quantitative estimate of drug-likeness (QED) is 0.642. The lowest BCUT2D eigenvalue weighted by Crippen LogP contribution is -2.24. The highest BCUT2D eigenvalue weighted by Gasteiger charge is 2.01. The number of hydrogen-bond donors (Lipinski definition) is 1. The molecule has 0 aliphatic carbocycles. The zero-order valence-electron chi connectivity index (χ0n) is 10.6. The second-order valence-corrected chi connectivity index (χ2v) is 3.42. The fourth-order valence-corrected chi connectivity index (χ4v) is 1.23. The van der Waals surface area contributed by atoms with Crippen LogP contribution < -0.4 is 5.32 Å². The van der Waals surface area contributed by atoms with E-state index in [9.17, 15) is 0 Å². The first kappa shape index (κ1) is 16.0. The maximum Gasteiger partial charge on any atom is 0.00639 e. The molecule has 1 nitrogen and oxygen atoms in total. The zero-order chi connectivity index (χ0) is 11.2. The minimum Gasteiger partial charge on any atom is -0.317 e. The van der Waals surface area contributed by atoms with Crippen LogP contribution in [0.1, 0.15) is 59.8 Å². The summed E-state index contributed by atoms with van der Waals surface area (Å²) in [5.74, 6) is 5.36. The monoisotopic (exact) mass is 197 g/mol. The first-order valence-corrected chi connectivity index (χ1v) is 5.77. The molecule has 0 spiro atoms. The van der Waals surface area contributed by atoms with Crippen LogP contribution in [-0.4, -0.2) is 13.1 Å². The molecule has 0 aromatic carbocycles. The van der Waals surface area contributed by atoms with Gasteiger partial charge < -0.3 is 5.32 Å². The first-order valence-electron chi connectivity index (χ1n) is 5.77. The van der Waals surface area contributed by atoms with Crippen molar-refractivity contribution in [3.8, 4) is 11.8 Å². The lowest BCUT2D eigenvalue weighted by molar-refractivity contribution is 0.467. The van der Waals surface area contributed by atoms with Gasteiger partial charge in [0, 0.05) is 6.04 Å². The molecule has 0 heterocycles. The predicted octanol–water partition coefficient (Wildman–Crippen LogP) is 3.59. The third-order valence-corrected chi connectivity index (χ3v) is 2.20. The van der Waals surface area contributed by atoms with Gasteiger partial charge in [-0.25, -0.2) is 0 Å². The van der Waals surface area contributed by atoms with Crippen LogP contribution in [-0.2, 0) is 0 Å². The molecule has 0 rings (SSSR count). The van der Waals surface area contributed by atoms with E-state index in [0.29, 0.717) is 0 Å². The molecule has 1 unspecified atom stereocenters. The van der Waals surface area contributed by atoms with Crippen LogP contribution in [0.2, 0.25) is 0 Å². The van der Waals surface area contributed by atoms with Gasteiger partial charge in [-0.2, -0.15) is 0 Å². The van der Waals surface area contributed by atoms with Crippen molar-refractivity contribution >= 4 is 0 Å². The van der Waals surface area contributed by atoms with Crippen LogP contribution in [0.25, 0.3) is 0 Å². The van der Waals surface area contributed by atoms with Crippen molar-refractivity contribution in [2.75, 3.05) is 7.05 Å². The van der Waals surface area contributed by atoms with E-state index < -0.39 is 0 Å². The second kappa shape index (κ2) is 15.0. The first-order chi connectivity index (χ1) is 6.76. The Hall–Kier alpha value is -0.480. The van der Waals surface area contributed by atoms with E-state index in [1.54, 1.807) is 0 Å². The SMILES string of the molecule is CC#CC.CCCCC(CCC)NC. The molecule has 0 aliphatic heterocycles. The Bertz CT molecular complexity index is 135. The Balaban J connectivity index is 0. The molecule has 0 bridgehead atoms. The van der Waals surface area contributed by atoms with Crippen molar-refractivity contribution in [2.45, 2.75) is 65.8 Å². The fourth-order valence-electron chi connectivity index (χ4n) is 1.23. The molecular formula is C13H27N. The van der Waals surface area contributed by atoms with E-state index in [1.807, 2.05) is 13.8 Å². The average molecular weight is 197 g/mol. The summed E-state index contributed by atoms with van der Waals surface area (Å²) in [5.41, 5.74) is 0. The Morgan fingerprint density at radius 3 is 1.86 bits per heavy atom. The van der Waals surface area contributed by atoms with Crippen molar-refractivity contribution in [3.05, 3.63) is 0 Å². The third-order valence-electron chi connectivity index (χ3n) is 2.20. The summed E-state index contributed by atoms with van der Waals surface area (Å²) in [6.07, 6.45) is 6.67. The summed E-state index contributed by atoms with van der Waals surface area (Å²) in [6, 6.07) is 0.768. The summed E-state index contributed by atoms with van der Waals surface area (Å²) in [6.45, 7) is 8.13. The summed E-state index contributed by atoms with van der Waals surface area (Å²) >= 11 is 0. The minimum absolute atomic E-state index is 0.768. The predicted molar refractivity (Wildman–Crippen MR) is 66.4 cm³/mol. The highest BCUT2D eigenvalue weighted by atomic mass is 14.9. The van der Waals surface area contributed by atoms with E-state index in [4.69, 9.17) is 0 Å². The molecule has 0 saturated carbocycles. The van der Waals surface area contributed by atoms with Crippen molar-refractivity contribution in [1.82, 2.24) is 5.32 Å². The van der Waals surface area contributed by atoms with Gasteiger partial charge in [0.1, 0.15) is 0 Å². The van der Waals surface area contributed by atoms with Gasteiger partial charge >= 0.3 is 0 Å². The molecular weight excluding hydrogens is 170 g/mol. The number of unbranched alkanes of at least 4 members (excludes halogenated alkanes) is 1. The molecule has 1 N–H and O–H groups in total. The van der Waals surface area contributed by atoms with Gasteiger partial charge in [0.2, 0.25) is 0 Å². The minimum atomic E-state index is 0.768. The van der Waals surface area contributed by atoms with Gasteiger partial charge in [-0.1, -0.05) is 33.1 Å². The van der Waals surface area contributed by atoms with E-state index in [1.165, 1.54) is 32.1 Å².